The molecule has 0 fully saturated rings. The second-order valence-corrected chi connectivity index (χ2v) is 8.72. The molecule has 1 aromatic rings. The van der Waals surface area contributed by atoms with Gasteiger partial charge in [0.25, 0.3) is 10.0 Å². The van der Waals surface area contributed by atoms with Crippen molar-refractivity contribution in [3.8, 4) is 0 Å². The molecule has 0 aromatic heterocycles. The van der Waals surface area contributed by atoms with Crippen LogP contribution < -0.4 is 4.90 Å². The lowest BCUT2D eigenvalue weighted by atomic mass is 10.2. The maximum Gasteiger partial charge on any atom is 0.423 e. The number of anilines is 1. The third-order valence-corrected chi connectivity index (χ3v) is 6.08. The molecule has 1 aromatic carbocycles. The number of ether oxygens (including phenoxy) is 1. The van der Waals surface area contributed by atoms with Crippen molar-refractivity contribution in [2.75, 3.05) is 31.6 Å². The van der Waals surface area contributed by atoms with E-state index in [-0.39, 0.29) is 16.6 Å². The summed E-state index contributed by atoms with van der Waals surface area (Å²) in [7, 11) is -3.70. The molecule has 0 unspecified atom stereocenters. The summed E-state index contributed by atoms with van der Waals surface area (Å²) in [6.45, 7) is 6.11. The number of hydrogen-bond acceptors (Lipinski definition) is 9. The van der Waals surface area contributed by atoms with Gasteiger partial charge in [-0.05, 0) is 19.3 Å². The van der Waals surface area contributed by atoms with Crippen LogP contribution in [0.4, 0.5) is 21.9 Å². The highest BCUT2D eigenvalue weighted by atomic mass is 32.2. The van der Waals surface area contributed by atoms with Crippen LogP contribution >= 0.6 is 0 Å². The second-order valence-electron chi connectivity index (χ2n) is 6.75. The number of sulfonamides is 1. The summed E-state index contributed by atoms with van der Waals surface area (Å²) in [6, 6.07) is 1.48. The number of nitro groups is 2. The summed E-state index contributed by atoms with van der Waals surface area (Å²) >= 11 is 0. The first-order chi connectivity index (χ1) is 14.5. The number of unbranched alkanes of at least 4 members (excludes halogenated alkanes) is 1. The highest BCUT2D eigenvalue weighted by Gasteiger charge is 2.36. The summed E-state index contributed by atoms with van der Waals surface area (Å²) in [5.41, 5.74) is -1.70. The molecule has 0 spiro atoms. The Hall–Kier alpha value is -2.96. The van der Waals surface area contributed by atoms with Crippen LogP contribution in [-0.4, -0.2) is 55.4 Å². The standard InChI is InChI=1S/C18H28N4O8S/c1-5-8-11-30-18(23)19(4)31(28,29)14-12-15(21(24)25)17(16(13-14)22(26)27)20(9-6-2)10-7-3/h12-13H,5-11H2,1-4H3. The van der Waals surface area contributed by atoms with Crippen molar-refractivity contribution in [1.82, 2.24) is 4.31 Å². The van der Waals surface area contributed by atoms with Crippen LogP contribution in [-0.2, 0) is 14.8 Å². The number of benzene rings is 1. The summed E-state index contributed by atoms with van der Waals surface area (Å²) in [6.07, 6.45) is 1.20. The Morgan fingerprint density at radius 3 is 1.87 bits per heavy atom. The van der Waals surface area contributed by atoms with Crippen LogP contribution in [0.3, 0.4) is 0 Å². The van der Waals surface area contributed by atoms with Crippen molar-refractivity contribution >= 4 is 33.2 Å². The van der Waals surface area contributed by atoms with Crippen LogP contribution in [0.5, 0.6) is 0 Å². The molecule has 0 saturated heterocycles. The molecule has 0 aliphatic rings. The lowest BCUT2D eigenvalue weighted by Crippen LogP contribution is -2.34. The van der Waals surface area contributed by atoms with Crippen LogP contribution in [0.1, 0.15) is 46.5 Å². The second kappa shape index (κ2) is 11.4. The van der Waals surface area contributed by atoms with Gasteiger partial charge in [0.05, 0.1) is 16.5 Å². The van der Waals surface area contributed by atoms with Crippen LogP contribution in [0.25, 0.3) is 0 Å². The molecule has 0 saturated carbocycles. The third-order valence-electron chi connectivity index (χ3n) is 4.38. The predicted octanol–water partition coefficient (Wildman–Crippen LogP) is 3.69. The third kappa shape index (κ3) is 6.26. The fourth-order valence-corrected chi connectivity index (χ4v) is 3.94. The van der Waals surface area contributed by atoms with E-state index in [2.05, 4.69) is 0 Å². The normalized spacial score (nSPS) is 11.1. The Bertz CT molecular complexity index is 878. The number of amides is 1. The Labute approximate surface area is 181 Å². The number of nitro benzene ring substituents is 2. The molecule has 0 radical (unpaired) electrons. The molecule has 0 bridgehead atoms. The zero-order chi connectivity index (χ0) is 23.8. The highest BCUT2D eigenvalue weighted by Crippen LogP contribution is 2.40. The van der Waals surface area contributed by atoms with Gasteiger partial charge in [0.1, 0.15) is 4.90 Å². The molecule has 174 valence electrons. The Morgan fingerprint density at radius 1 is 1.00 bits per heavy atom. The summed E-state index contributed by atoms with van der Waals surface area (Å²) in [5, 5.41) is 23.4. The van der Waals surface area contributed by atoms with Crippen molar-refractivity contribution < 1.29 is 27.8 Å². The molecular formula is C18H28N4O8S. The average Bonchev–Trinajstić information content (AvgIpc) is 2.71. The van der Waals surface area contributed by atoms with E-state index in [0.717, 1.165) is 25.6 Å². The molecule has 12 nitrogen and oxygen atoms in total. The Morgan fingerprint density at radius 2 is 1.48 bits per heavy atom. The smallest absolute Gasteiger partial charge is 0.423 e. The fourth-order valence-electron chi connectivity index (χ4n) is 2.86. The molecule has 0 aliphatic carbocycles. The lowest BCUT2D eigenvalue weighted by Gasteiger charge is -2.24. The van der Waals surface area contributed by atoms with Gasteiger partial charge in [0.2, 0.25) is 0 Å². The van der Waals surface area contributed by atoms with E-state index in [0.29, 0.717) is 32.4 Å². The zero-order valence-corrected chi connectivity index (χ0v) is 18.9. The van der Waals surface area contributed by atoms with Gasteiger partial charge in [0, 0.05) is 32.3 Å². The molecule has 13 heteroatoms. The molecule has 0 N–H and O–H groups in total. The van der Waals surface area contributed by atoms with Crippen molar-refractivity contribution in [1.29, 1.82) is 0 Å². The Balaban J connectivity index is 3.62. The van der Waals surface area contributed by atoms with Gasteiger partial charge in [-0.1, -0.05) is 27.2 Å². The van der Waals surface area contributed by atoms with Crippen molar-refractivity contribution in [2.24, 2.45) is 0 Å². The fraction of sp³-hybridized carbons (Fsp3) is 0.611. The van der Waals surface area contributed by atoms with Gasteiger partial charge in [-0.25, -0.2) is 17.5 Å². The van der Waals surface area contributed by atoms with Gasteiger partial charge in [0.15, 0.2) is 5.69 Å². The van der Waals surface area contributed by atoms with E-state index in [1.165, 1.54) is 4.90 Å². The minimum Gasteiger partial charge on any atom is -0.449 e. The Kier molecular flexibility index (Phi) is 9.62. The highest BCUT2D eigenvalue weighted by molar-refractivity contribution is 7.89. The summed E-state index contributed by atoms with van der Waals surface area (Å²) in [4.78, 5) is 34.5. The average molecular weight is 461 g/mol. The number of hydrogen-bond donors (Lipinski definition) is 0. The maximum atomic E-state index is 12.9. The topological polar surface area (TPSA) is 153 Å². The lowest BCUT2D eigenvalue weighted by molar-refractivity contribution is -0.393. The maximum absolute atomic E-state index is 12.9. The first kappa shape index (κ1) is 26.1. The van der Waals surface area contributed by atoms with Crippen molar-refractivity contribution in [3.63, 3.8) is 0 Å². The van der Waals surface area contributed by atoms with E-state index >= 15 is 0 Å². The van der Waals surface area contributed by atoms with Crippen molar-refractivity contribution in [3.05, 3.63) is 32.4 Å². The molecular weight excluding hydrogens is 432 g/mol. The monoisotopic (exact) mass is 460 g/mol. The molecule has 31 heavy (non-hydrogen) atoms. The van der Waals surface area contributed by atoms with Gasteiger partial charge in [-0.3, -0.25) is 20.2 Å². The van der Waals surface area contributed by atoms with Crippen LogP contribution in [0.15, 0.2) is 17.0 Å². The summed E-state index contributed by atoms with van der Waals surface area (Å²) < 4.78 is 30.9. The number of carbonyl (C=O) groups excluding carboxylic acids is 1. The van der Waals surface area contributed by atoms with E-state index in [9.17, 15) is 33.4 Å². The van der Waals surface area contributed by atoms with E-state index in [4.69, 9.17) is 4.74 Å². The number of rotatable bonds is 12. The minimum absolute atomic E-state index is 0.00256. The predicted molar refractivity (Wildman–Crippen MR) is 114 cm³/mol. The summed E-state index contributed by atoms with van der Waals surface area (Å²) in [5.74, 6) is 0. The molecule has 0 aliphatic heterocycles. The first-order valence-corrected chi connectivity index (χ1v) is 11.3. The van der Waals surface area contributed by atoms with Crippen LogP contribution in [0, 0.1) is 20.2 Å². The molecule has 1 amide bonds. The van der Waals surface area contributed by atoms with E-state index in [1.807, 2.05) is 20.8 Å². The van der Waals surface area contributed by atoms with Crippen molar-refractivity contribution in [2.45, 2.75) is 51.3 Å². The minimum atomic E-state index is -4.62. The zero-order valence-electron chi connectivity index (χ0n) is 18.1. The van der Waals surface area contributed by atoms with Gasteiger partial charge in [-0.15, -0.1) is 0 Å². The first-order valence-electron chi connectivity index (χ1n) is 9.90. The van der Waals surface area contributed by atoms with E-state index in [1.54, 1.807) is 0 Å². The largest absolute Gasteiger partial charge is 0.449 e. The van der Waals surface area contributed by atoms with Gasteiger partial charge >= 0.3 is 17.5 Å². The SMILES string of the molecule is CCCCOC(=O)N(C)S(=O)(=O)c1cc([N+](=O)[O-])c(N(CCC)CCC)c([N+](=O)[O-])c1. The molecule has 0 atom stereocenters. The molecule has 0 heterocycles. The quantitative estimate of drug-likeness (QED) is 0.258. The van der Waals surface area contributed by atoms with Crippen LogP contribution in [0.2, 0.25) is 0 Å². The number of nitrogens with zero attached hydrogens (tertiary/aromatic N) is 4. The molecule has 1 rings (SSSR count). The van der Waals surface area contributed by atoms with Gasteiger partial charge in [-0.2, -0.15) is 0 Å². The number of carbonyl (C=O) groups is 1. The van der Waals surface area contributed by atoms with Gasteiger partial charge < -0.3 is 9.64 Å². The van der Waals surface area contributed by atoms with E-state index < -0.39 is 42.2 Å².